The van der Waals surface area contributed by atoms with E-state index in [2.05, 4.69) is 155 Å². The van der Waals surface area contributed by atoms with Gasteiger partial charge in [-0.15, -0.1) is 0 Å². The lowest BCUT2D eigenvalue weighted by Gasteiger charge is -2.41. The first kappa shape index (κ1) is 23.9. The molecule has 0 bridgehead atoms. The summed E-state index contributed by atoms with van der Waals surface area (Å²) < 4.78 is 2.57. The highest BCUT2D eigenvalue weighted by Crippen LogP contribution is 2.53. The lowest BCUT2D eigenvalue weighted by atomic mass is 9.33. The first-order valence-corrected chi connectivity index (χ1v) is 16.0. The summed E-state index contributed by atoms with van der Waals surface area (Å²) in [7, 11) is 0. The third-order valence-electron chi connectivity index (χ3n) is 10.6. The van der Waals surface area contributed by atoms with Gasteiger partial charge in [-0.1, -0.05) is 127 Å². The Labute approximate surface area is 262 Å². The van der Waals surface area contributed by atoms with Crippen LogP contribution in [0.25, 0.3) is 55.3 Å². The molecule has 0 amide bonds. The minimum Gasteiger partial charge on any atom is -0.334 e. The molecule has 1 atom stereocenters. The van der Waals surface area contributed by atoms with Gasteiger partial charge in [0.1, 0.15) is 0 Å². The molecule has 1 unspecified atom stereocenters. The Bertz CT molecular complexity index is 2470. The van der Waals surface area contributed by atoms with Gasteiger partial charge in [-0.25, -0.2) is 0 Å². The zero-order valence-electron chi connectivity index (χ0n) is 24.6. The van der Waals surface area contributed by atoms with E-state index >= 15 is 0 Å². The summed E-state index contributed by atoms with van der Waals surface area (Å²) in [4.78, 5) is 2.71. The summed E-state index contributed by atoms with van der Waals surface area (Å²) in [5.41, 5.74) is 18.9. The molecule has 2 nitrogen and oxygen atoms in total. The van der Waals surface area contributed by atoms with Crippen molar-refractivity contribution in [2.75, 3.05) is 4.90 Å². The molecule has 1 aliphatic carbocycles. The predicted octanol–water partition coefficient (Wildman–Crippen LogP) is 8.12. The van der Waals surface area contributed by atoms with Gasteiger partial charge in [-0.2, -0.15) is 0 Å². The second-order valence-corrected chi connectivity index (χ2v) is 12.8. The molecule has 0 N–H and O–H groups in total. The number of aromatic nitrogens is 1. The van der Waals surface area contributed by atoms with E-state index in [1.165, 1.54) is 88.6 Å². The number of fused-ring (bicyclic) bond motifs is 10. The molecule has 208 valence electrons. The van der Waals surface area contributed by atoms with Gasteiger partial charge in [0.05, 0.1) is 11.6 Å². The molecule has 0 fully saturated rings. The van der Waals surface area contributed by atoms with E-state index in [-0.39, 0.29) is 12.8 Å². The van der Waals surface area contributed by atoms with Gasteiger partial charge >= 0.3 is 0 Å². The van der Waals surface area contributed by atoms with E-state index in [1.807, 2.05) is 0 Å². The van der Waals surface area contributed by atoms with Crippen LogP contribution in [0.2, 0.25) is 0 Å². The molecule has 0 saturated carbocycles. The smallest absolute Gasteiger partial charge is 0.252 e. The molecule has 3 aliphatic heterocycles. The lowest BCUT2D eigenvalue weighted by molar-refractivity contribution is 0.831. The van der Waals surface area contributed by atoms with E-state index in [4.69, 9.17) is 0 Å². The van der Waals surface area contributed by atoms with Gasteiger partial charge in [0.25, 0.3) is 6.71 Å². The molecule has 6 aromatic carbocycles. The van der Waals surface area contributed by atoms with Gasteiger partial charge in [0.2, 0.25) is 0 Å². The zero-order valence-corrected chi connectivity index (χ0v) is 24.6. The summed E-state index contributed by atoms with van der Waals surface area (Å²) in [5.74, 6) is 0. The third kappa shape index (κ3) is 2.96. The molecule has 1 aromatic heterocycles. The van der Waals surface area contributed by atoms with Crippen molar-refractivity contribution < 1.29 is 0 Å². The van der Waals surface area contributed by atoms with Gasteiger partial charge < -0.3 is 9.47 Å². The minimum absolute atomic E-state index is 0.156. The van der Waals surface area contributed by atoms with Crippen LogP contribution in [0, 0.1) is 0 Å². The normalized spacial score (nSPS) is 16.5. The first-order valence-electron chi connectivity index (χ1n) is 16.0. The number of allylic oxidation sites excluding steroid dienone is 2. The zero-order chi connectivity index (χ0) is 29.2. The maximum Gasteiger partial charge on any atom is 0.252 e. The number of anilines is 2. The molecule has 4 aliphatic rings. The topological polar surface area (TPSA) is 8.17 Å². The second kappa shape index (κ2) is 8.55. The molecule has 0 radical (unpaired) electrons. The van der Waals surface area contributed by atoms with E-state index < -0.39 is 0 Å². The molecule has 45 heavy (non-hydrogen) atoms. The number of hydrogen-bond acceptors (Lipinski definition) is 1. The number of para-hydroxylation sites is 2. The largest absolute Gasteiger partial charge is 0.334 e. The molecular weight excluding hydrogens is 543 g/mol. The fraction of sp³-hybridized carbons (Fsp3) is 0.0476. The Morgan fingerprint density at radius 1 is 0.622 bits per heavy atom. The van der Waals surface area contributed by atoms with E-state index in [9.17, 15) is 0 Å². The van der Waals surface area contributed by atoms with E-state index in [1.54, 1.807) is 0 Å². The Morgan fingerprint density at radius 2 is 1.38 bits per heavy atom. The van der Waals surface area contributed by atoms with Crippen molar-refractivity contribution in [2.24, 2.45) is 0 Å². The van der Waals surface area contributed by atoms with Crippen LogP contribution in [-0.2, 0) is 0 Å². The van der Waals surface area contributed by atoms with Crippen LogP contribution < -0.4 is 21.3 Å². The Hall–Kier alpha value is -5.54. The molecular formula is C42H27BN2. The highest BCUT2D eigenvalue weighted by molar-refractivity contribution is 7.00. The van der Waals surface area contributed by atoms with E-state index in [0.717, 1.165) is 6.42 Å². The molecule has 11 rings (SSSR count). The van der Waals surface area contributed by atoms with Crippen molar-refractivity contribution in [3.05, 3.63) is 151 Å². The van der Waals surface area contributed by atoms with Crippen LogP contribution in [0.1, 0.15) is 12.0 Å². The van der Waals surface area contributed by atoms with Crippen molar-refractivity contribution in [3.63, 3.8) is 0 Å². The van der Waals surface area contributed by atoms with Crippen LogP contribution in [0.5, 0.6) is 0 Å². The van der Waals surface area contributed by atoms with Gasteiger partial charge in [0.15, 0.2) is 0 Å². The highest BCUT2D eigenvalue weighted by Gasteiger charge is 2.48. The van der Waals surface area contributed by atoms with Gasteiger partial charge in [-0.3, -0.25) is 0 Å². The fourth-order valence-electron chi connectivity index (χ4n) is 8.91. The van der Waals surface area contributed by atoms with Gasteiger partial charge in [-0.05, 0) is 68.8 Å². The van der Waals surface area contributed by atoms with Crippen molar-refractivity contribution in [1.82, 2.24) is 4.57 Å². The lowest BCUT2D eigenvalue weighted by Crippen LogP contribution is -2.61. The average Bonchev–Trinajstić information content (AvgIpc) is 3.64. The van der Waals surface area contributed by atoms with Crippen molar-refractivity contribution in [1.29, 1.82) is 0 Å². The van der Waals surface area contributed by atoms with Gasteiger partial charge in [0, 0.05) is 38.9 Å². The maximum atomic E-state index is 2.71. The number of hydrogen-bond donors (Lipinski definition) is 0. The molecule has 7 aromatic rings. The number of rotatable bonds is 2. The standard InChI is InChI=1S/C42H27BN2/c1-3-12-26(13-4-1)28-24-37-40-38(25-28)45-36-21-10-8-17-32(36)39-29(27-14-5-2-6-15-27)22-23-34(42(39)45)43(40)33-19-11-18-31-30-16-7-9-20-35(30)44(37)41(31)33/h1-20,22-25,36H,21H2. The summed E-state index contributed by atoms with van der Waals surface area (Å²) in [6, 6.07) is 47.9. The number of benzene rings is 6. The molecule has 0 saturated heterocycles. The van der Waals surface area contributed by atoms with Crippen LogP contribution >= 0.6 is 0 Å². The summed E-state index contributed by atoms with van der Waals surface area (Å²) in [5, 5.41) is 2.65. The van der Waals surface area contributed by atoms with Crippen LogP contribution in [0.15, 0.2) is 146 Å². The molecule has 0 spiro atoms. The van der Waals surface area contributed by atoms with Crippen LogP contribution in [-0.4, -0.2) is 17.3 Å². The summed E-state index contributed by atoms with van der Waals surface area (Å²) in [6.45, 7) is 0.156. The average molecular weight is 571 g/mol. The quantitative estimate of drug-likeness (QED) is 0.191. The Balaban J connectivity index is 1.33. The van der Waals surface area contributed by atoms with E-state index in [0.29, 0.717) is 0 Å². The predicted molar refractivity (Wildman–Crippen MR) is 190 cm³/mol. The number of nitrogens with zero attached hydrogens (tertiary/aromatic N) is 2. The van der Waals surface area contributed by atoms with Crippen molar-refractivity contribution >= 4 is 61.9 Å². The molecule has 3 heteroatoms. The Morgan fingerprint density at radius 3 is 2.24 bits per heavy atom. The summed E-state index contributed by atoms with van der Waals surface area (Å²) >= 11 is 0. The minimum atomic E-state index is 0.156. The SMILES string of the molecule is C1=CCC2C(=C1)c1c(-c3ccccc3)ccc3c1N2c1cc(-c2ccccc2)cc2c1B3c1cccc3c4ccccc4n-2c13. The van der Waals surface area contributed by atoms with Crippen molar-refractivity contribution in [3.8, 4) is 27.9 Å². The summed E-state index contributed by atoms with van der Waals surface area (Å²) in [6.07, 6.45) is 7.98. The second-order valence-electron chi connectivity index (χ2n) is 12.8. The maximum absolute atomic E-state index is 2.71. The first-order chi connectivity index (χ1) is 22.4. The van der Waals surface area contributed by atoms with Crippen LogP contribution in [0.4, 0.5) is 11.4 Å². The monoisotopic (exact) mass is 570 g/mol. The van der Waals surface area contributed by atoms with Crippen LogP contribution in [0.3, 0.4) is 0 Å². The Kier molecular flexibility index (Phi) is 4.53. The molecule has 4 heterocycles. The third-order valence-corrected chi connectivity index (χ3v) is 10.6. The fourth-order valence-corrected chi connectivity index (χ4v) is 8.91. The van der Waals surface area contributed by atoms with Crippen molar-refractivity contribution in [2.45, 2.75) is 12.5 Å². The highest BCUT2D eigenvalue weighted by atomic mass is 15.2.